The zero-order valence-electron chi connectivity index (χ0n) is 7.73. The SMILES string of the molecule is CCC/C=C\c1cccc(C=O)n1. The number of hydrogen-bond acceptors (Lipinski definition) is 2. The van der Waals surface area contributed by atoms with E-state index in [2.05, 4.69) is 18.0 Å². The number of rotatable bonds is 4. The third-order valence-corrected chi connectivity index (χ3v) is 1.66. The first-order valence-corrected chi connectivity index (χ1v) is 4.45. The molecule has 1 heterocycles. The van der Waals surface area contributed by atoms with E-state index in [1.807, 2.05) is 18.2 Å². The highest BCUT2D eigenvalue weighted by Crippen LogP contribution is 2.01. The molecule has 0 spiro atoms. The van der Waals surface area contributed by atoms with Crippen molar-refractivity contribution < 1.29 is 4.79 Å². The maximum absolute atomic E-state index is 10.4. The Morgan fingerprint density at radius 1 is 1.38 bits per heavy atom. The van der Waals surface area contributed by atoms with Crippen LogP contribution in [0.4, 0.5) is 0 Å². The summed E-state index contributed by atoms with van der Waals surface area (Å²) in [5.41, 5.74) is 1.33. The number of aromatic nitrogens is 1. The summed E-state index contributed by atoms with van der Waals surface area (Å²) in [6, 6.07) is 5.42. The Morgan fingerprint density at radius 2 is 2.15 bits per heavy atom. The minimum absolute atomic E-state index is 0.485. The first-order valence-electron chi connectivity index (χ1n) is 4.45. The van der Waals surface area contributed by atoms with Crippen molar-refractivity contribution in [2.24, 2.45) is 0 Å². The van der Waals surface area contributed by atoms with Crippen molar-refractivity contribution in [3.63, 3.8) is 0 Å². The standard InChI is InChI=1S/C11H13NO/c1-2-3-4-6-10-7-5-8-11(9-13)12-10/h4-9H,2-3H2,1H3/b6-4-. The van der Waals surface area contributed by atoms with Gasteiger partial charge in [0.25, 0.3) is 0 Å². The van der Waals surface area contributed by atoms with Crippen molar-refractivity contribution >= 4 is 12.4 Å². The summed E-state index contributed by atoms with van der Waals surface area (Å²) in [5, 5.41) is 0. The van der Waals surface area contributed by atoms with E-state index in [1.54, 1.807) is 6.07 Å². The molecule has 68 valence electrons. The number of carbonyl (C=O) groups is 1. The summed E-state index contributed by atoms with van der Waals surface area (Å²) in [6.07, 6.45) is 6.95. The molecule has 2 nitrogen and oxygen atoms in total. The zero-order valence-corrected chi connectivity index (χ0v) is 7.73. The lowest BCUT2D eigenvalue weighted by atomic mass is 10.2. The van der Waals surface area contributed by atoms with Gasteiger partial charge >= 0.3 is 0 Å². The zero-order chi connectivity index (χ0) is 9.52. The van der Waals surface area contributed by atoms with Crippen LogP contribution in [0, 0.1) is 0 Å². The second-order valence-corrected chi connectivity index (χ2v) is 2.80. The summed E-state index contributed by atoms with van der Waals surface area (Å²) in [7, 11) is 0. The fourth-order valence-corrected chi connectivity index (χ4v) is 0.998. The Labute approximate surface area is 78.3 Å². The number of nitrogens with zero attached hydrogens (tertiary/aromatic N) is 1. The summed E-state index contributed by atoms with van der Waals surface area (Å²) in [5.74, 6) is 0. The number of unbranched alkanes of at least 4 members (excludes halogenated alkanes) is 1. The highest BCUT2D eigenvalue weighted by Gasteiger charge is 1.91. The van der Waals surface area contributed by atoms with Gasteiger partial charge in [-0.05, 0) is 24.6 Å². The predicted molar refractivity (Wildman–Crippen MR) is 53.6 cm³/mol. The topological polar surface area (TPSA) is 30.0 Å². The molecule has 0 atom stereocenters. The molecule has 0 amide bonds. The van der Waals surface area contributed by atoms with Crippen LogP contribution in [-0.4, -0.2) is 11.3 Å². The molecule has 0 bridgehead atoms. The van der Waals surface area contributed by atoms with Crippen molar-refractivity contribution in [3.05, 3.63) is 35.7 Å². The van der Waals surface area contributed by atoms with Crippen LogP contribution < -0.4 is 0 Å². The lowest BCUT2D eigenvalue weighted by Crippen LogP contribution is -1.87. The van der Waals surface area contributed by atoms with Crippen molar-refractivity contribution in [2.45, 2.75) is 19.8 Å². The lowest BCUT2D eigenvalue weighted by molar-refractivity contribution is 0.111. The number of pyridine rings is 1. The minimum Gasteiger partial charge on any atom is -0.296 e. The van der Waals surface area contributed by atoms with Crippen LogP contribution in [0.1, 0.15) is 35.9 Å². The molecule has 0 unspecified atom stereocenters. The largest absolute Gasteiger partial charge is 0.296 e. The van der Waals surface area contributed by atoms with E-state index in [9.17, 15) is 4.79 Å². The molecule has 0 aliphatic carbocycles. The van der Waals surface area contributed by atoms with Crippen LogP contribution in [0.3, 0.4) is 0 Å². The van der Waals surface area contributed by atoms with Crippen LogP contribution in [0.5, 0.6) is 0 Å². The second-order valence-electron chi connectivity index (χ2n) is 2.80. The van der Waals surface area contributed by atoms with E-state index in [1.165, 1.54) is 0 Å². The lowest BCUT2D eigenvalue weighted by Gasteiger charge is -1.93. The molecule has 1 aromatic rings. The fraction of sp³-hybridized carbons (Fsp3) is 0.273. The van der Waals surface area contributed by atoms with Crippen molar-refractivity contribution in [3.8, 4) is 0 Å². The summed E-state index contributed by atoms with van der Waals surface area (Å²) >= 11 is 0. The van der Waals surface area contributed by atoms with E-state index in [0.29, 0.717) is 5.69 Å². The number of hydrogen-bond donors (Lipinski definition) is 0. The van der Waals surface area contributed by atoms with Crippen molar-refractivity contribution in [1.29, 1.82) is 0 Å². The molecule has 13 heavy (non-hydrogen) atoms. The monoisotopic (exact) mass is 175 g/mol. The predicted octanol–water partition coefficient (Wildman–Crippen LogP) is 2.71. The molecule has 0 aliphatic rings. The second kappa shape index (κ2) is 5.25. The maximum atomic E-state index is 10.4. The van der Waals surface area contributed by atoms with E-state index in [0.717, 1.165) is 24.8 Å². The van der Waals surface area contributed by atoms with Crippen LogP contribution in [0.2, 0.25) is 0 Å². The number of allylic oxidation sites excluding steroid dienone is 1. The van der Waals surface area contributed by atoms with Crippen LogP contribution in [-0.2, 0) is 0 Å². The Kier molecular flexibility index (Phi) is 3.89. The average molecular weight is 175 g/mol. The normalized spacial score (nSPS) is 10.5. The molecular formula is C11H13NO. The van der Waals surface area contributed by atoms with Crippen LogP contribution >= 0.6 is 0 Å². The summed E-state index contributed by atoms with van der Waals surface area (Å²) in [6.45, 7) is 2.12. The first kappa shape index (κ1) is 9.65. The number of carbonyl (C=O) groups excluding carboxylic acids is 1. The highest BCUT2D eigenvalue weighted by molar-refractivity contribution is 5.72. The summed E-state index contributed by atoms with van der Waals surface area (Å²) < 4.78 is 0. The van der Waals surface area contributed by atoms with Gasteiger partial charge in [0.2, 0.25) is 0 Å². The molecule has 0 fully saturated rings. The molecule has 0 radical (unpaired) electrons. The third-order valence-electron chi connectivity index (χ3n) is 1.66. The van der Waals surface area contributed by atoms with Crippen molar-refractivity contribution in [2.75, 3.05) is 0 Å². The molecule has 2 heteroatoms. The van der Waals surface area contributed by atoms with Gasteiger partial charge in [-0.3, -0.25) is 4.79 Å². The Balaban J connectivity index is 2.71. The van der Waals surface area contributed by atoms with E-state index in [-0.39, 0.29) is 0 Å². The molecule has 0 aromatic carbocycles. The quantitative estimate of drug-likeness (QED) is 0.658. The highest BCUT2D eigenvalue weighted by atomic mass is 16.1. The number of aldehydes is 1. The fourth-order valence-electron chi connectivity index (χ4n) is 0.998. The molecule has 0 N–H and O–H groups in total. The van der Waals surface area contributed by atoms with Gasteiger partial charge in [-0.25, -0.2) is 4.98 Å². The van der Waals surface area contributed by atoms with Gasteiger partial charge in [0.15, 0.2) is 6.29 Å². The Morgan fingerprint density at radius 3 is 2.85 bits per heavy atom. The molecule has 1 rings (SSSR count). The van der Waals surface area contributed by atoms with Gasteiger partial charge in [-0.15, -0.1) is 0 Å². The molecule has 0 aliphatic heterocycles. The first-order chi connectivity index (χ1) is 6.36. The van der Waals surface area contributed by atoms with Crippen molar-refractivity contribution in [1.82, 2.24) is 4.98 Å². The Hall–Kier alpha value is -1.44. The molecule has 1 aromatic heterocycles. The van der Waals surface area contributed by atoms with Gasteiger partial charge in [0, 0.05) is 0 Å². The smallest absolute Gasteiger partial charge is 0.168 e. The van der Waals surface area contributed by atoms with Gasteiger partial charge in [-0.2, -0.15) is 0 Å². The third kappa shape index (κ3) is 3.20. The maximum Gasteiger partial charge on any atom is 0.168 e. The summed E-state index contributed by atoms with van der Waals surface area (Å²) in [4.78, 5) is 14.5. The Bertz CT molecular complexity index is 305. The molecular weight excluding hydrogens is 162 g/mol. The van der Waals surface area contributed by atoms with Crippen LogP contribution in [0.15, 0.2) is 24.3 Å². The van der Waals surface area contributed by atoms with Crippen LogP contribution in [0.25, 0.3) is 6.08 Å². The average Bonchev–Trinajstić information content (AvgIpc) is 2.19. The van der Waals surface area contributed by atoms with E-state index < -0.39 is 0 Å². The van der Waals surface area contributed by atoms with Gasteiger partial charge in [0.1, 0.15) is 5.69 Å². The van der Waals surface area contributed by atoms with Gasteiger partial charge in [0.05, 0.1) is 5.69 Å². The molecule has 0 saturated heterocycles. The minimum atomic E-state index is 0.485. The van der Waals surface area contributed by atoms with E-state index in [4.69, 9.17) is 0 Å². The molecule has 0 saturated carbocycles. The van der Waals surface area contributed by atoms with E-state index >= 15 is 0 Å². The van der Waals surface area contributed by atoms with Gasteiger partial charge < -0.3 is 0 Å². The van der Waals surface area contributed by atoms with Gasteiger partial charge in [-0.1, -0.05) is 25.5 Å².